The maximum absolute atomic E-state index is 12.8. The molecule has 1 aromatic carbocycles. The summed E-state index contributed by atoms with van der Waals surface area (Å²) in [7, 11) is 3.36. The summed E-state index contributed by atoms with van der Waals surface area (Å²) in [5.74, 6) is 0.0279. The Balaban J connectivity index is 1.26. The van der Waals surface area contributed by atoms with Crippen molar-refractivity contribution >= 4 is 11.8 Å². The van der Waals surface area contributed by atoms with E-state index in [0.29, 0.717) is 12.1 Å². The first-order valence-electron chi connectivity index (χ1n) is 11.6. The number of benzene rings is 1. The van der Waals surface area contributed by atoms with E-state index in [9.17, 15) is 9.59 Å². The highest BCUT2D eigenvalue weighted by molar-refractivity contribution is 5.85. The van der Waals surface area contributed by atoms with Gasteiger partial charge in [-0.2, -0.15) is 0 Å². The fraction of sp³-hybridized carbons (Fsp3) is 0.667. The quantitative estimate of drug-likeness (QED) is 0.797. The summed E-state index contributed by atoms with van der Waals surface area (Å²) in [6, 6.07) is 10.1. The van der Waals surface area contributed by atoms with E-state index < -0.39 is 0 Å². The molecule has 0 saturated carbocycles. The molecule has 6 heteroatoms. The predicted octanol–water partition coefficient (Wildman–Crippen LogP) is 1.53. The fourth-order valence-corrected chi connectivity index (χ4v) is 5.63. The third kappa shape index (κ3) is 4.70. The molecule has 164 valence electrons. The SMILES string of the molecule is CNC(=O)CN(C)C(=O)[C@H]1CCCN(C2CCN(C3Cc4ccccc4C3)CC2)C1. The van der Waals surface area contributed by atoms with Crippen molar-refractivity contribution in [2.75, 3.05) is 46.8 Å². The van der Waals surface area contributed by atoms with Crippen molar-refractivity contribution in [1.29, 1.82) is 0 Å². The third-order valence-corrected chi connectivity index (χ3v) is 7.40. The molecule has 0 aromatic heterocycles. The highest BCUT2D eigenvalue weighted by Gasteiger charge is 2.35. The maximum atomic E-state index is 12.8. The Morgan fingerprint density at radius 1 is 1.00 bits per heavy atom. The van der Waals surface area contributed by atoms with Gasteiger partial charge in [0, 0.05) is 32.7 Å². The van der Waals surface area contributed by atoms with E-state index in [1.165, 1.54) is 36.8 Å². The van der Waals surface area contributed by atoms with Crippen LogP contribution in [0.5, 0.6) is 0 Å². The Labute approximate surface area is 180 Å². The Morgan fingerprint density at radius 2 is 1.67 bits per heavy atom. The fourth-order valence-electron chi connectivity index (χ4n) is 5.63. The second-order valence-electron chi connectivity index (χ2n) is 9.30. The molecule has 1 N–H and O–H groups in total. The Hall–Kier alpha value is -1.92. The molecular weight excluding hydrogens is 376 g/mol. The molecule has 0 spiro atoms. The van der Waals surface area contributed by atoms with Crippen molar-refractivity contribution in [2.24, 2.45) is 5.92 Å². The van der Waals surface area contributed by atoms with Gasteiger partial charge in [-0.3, -0.25) is 19.4 Å². The first-order valence-corrected chi connectivity index (χ1v) is 11.6. The summed E-state index contributed by atoms with van der Waals surface area (Å²) in [6.45, 7) is 4.41. The van der Waals surface area contributed by atoms with Crippen LogP contribution in [0.15, 0.2) is 24.3 Å². The van der Waals surface area contributed by atoms with Gasteiger partial charge in [0.05, 0.1) is 12.5 Å². The molecule has 0 bridgehead atoms. The molecule has 2 fully saturated rings. The van der Waals surface area contributed by atoms with Crippen LogP contribution in [-0.2, 0) is 22.4 Å². The van der Waals surface area contributed by atoms with Gasteiger partial charge in [0.1, 0.15) is 0 Å². The first-order chi connectivity index (χ1) is 14.5. The number of hydrogen-bond acceptors (Lipinski definition) is 4. The monoisotopic (exact) mass is 412 g/mol. The van der Waals surface area contributed by atoms with E-state index >= 15 is 0 Å². The molecule has 0 unspecified atom stereocenters. The van der Waals surface area contributed by atoms with Crippen molar-refractivity contribution < 1.29 is 9.59 Å². The molecule has 2 amide bonds. The Morgan fingerprint density at radius 3 is 2.30 bits per heavy atom. The zero-order valence-corrected chi connectivity index (χ0v) is 18.5. The van der Waals surface area contributed by atoms with E-state index in [1.807, 2.05) is 0 Å². The van der Waals surface area contributed by atoms with E-state index in [1.54, 1.807) is 19.0 Å². The molecule has 6 nitrogen and oxygen atoms in total. The van der Waals surface area contributed by atoms with Crippen molar-refractivity contribution in [1.82, 2.24) is 20.0 Å². The highest BCUT2D eigenvalue weighted by atomic mass is 16.2. The van der Waals surface area contributed by atoms with Crippen LogP contribution in [0.4, 0.5) is 0 Å². The highest BCUT2D eigenvalue weighted by Crippen LogP contribution is 2.30. The number of fused-ring (bicyclic) bond motifs is 1. The lowest BCUT2D eigenvalue weighted by Crippen LogP contribution is -2.52. The van der Waals surface area contributed by atoms with Crippen molar-refractivity contribution in [3.8, 4) is 0 Å². The topological polar surface area (TPSA) is 55.9 Å². The largest absolute Gasteiger partial charge is 0.358 e. The van der Waals surface area contributed by atoms with Crippen LogP contribution >= 0.6 is 0 Å². The van der Waals surface area contributed by atoms with Gasteiger partial charge in [-0.25, -0.2) is 0 Å². The second kappa shape index (κ2) is 9.48. The normalized spacial score (nSPS) is 23.9. The molecule has 1 aromatic rings. The van der Waals surface area contributed by atoms with E-state index in [-0.39, 0.29) is 24.3 Å². The van der Waals surface area contributed by atoms with Gasteiger partial charge in [-0.15, -0.1) is 0 Å². The number of nitrogens with zero attached hydrogens (tertiary/aromatic N) is 3. The molecule has 0 radical (unpaired) electrons. The summed E-state index contributed by atoms with van der Waals surface area (Å²) in [5.41, 5.74) is 3.06. The first kappa shape index (κ1) is 21.3. The molecule has 2 heterocycles. The number of carbonyl (C=O) groups excluding carboxylic acids is 2. The second-order valence-corrected chi connectivity index (χ2v) is 9.30. The van der Waals surface area contributed by atoms with Gasteiger partial charge in [0.25, 0.3) is 0 Å². The molecule has 1 atom stereocenters. The average molecular weight is 413 g/mol. The predicted molar refractivity (Wildman–Crippen MR) is 118 cm³/mol. The lowest BCUT2D eigenvalue weighted by atomic mass is 9.92. The Bertz CT molecular complexity index is 734. The summed E-state index contributed by atoms with van der Waals surface area (Å²) >= 11 is 0. The van der Waals surface area contributed by atoms with Crippen LogP contribution in [-0.4, -0.2) is 85.4 Å². The number of piperidine rings is 2. The molecule has 2 aliphatic heterocycles. The summed E-state index contributed by atoms with van der Waals surface area (Å²) < 4.78 is 0. The lowest BCUT2D eigenvalue weighted by molar-refractivity contribution is -0.139. The van der Waals surface area contributed by atoms with Crippen LogP contribution < -0.4 is 5.32 Å². The van der Waals surface area contributed by atoms with Crippen molar-refractivity contribution in [3.05, 3.63) is 35.4 Å². The third-order valence-electron chi connectivity index (χ3n) is 7.40. The van der Waals surface area contributed by atoms with Crippen LogP contribution in [0.2, 0.25) is 0 Å². The number of likely N-dealkylation sites (N-methyl/N-ethyl adjacent to an activating group) is 2. The van der Waals surface area contributed by atoms with Gasteiger partial charge in [-0.1, -0.05) is 24.3 Å². The molecule has 3 aliphatic rings. The molecular formula is C24H36N4O2. The molecule has 30 heavy (non-hydrogen) atoms. The van der Waals surface area contributed by atoms with Gasteiger partial charge >= 0.3 is 0 Å². The van der Waals surface area contributed by atoms with Crippen LogP contribution in [0.1, 0.15) is 36.8 Å². The zero-order chi connectivity index (χ0) is 21.1. The zero-order valence-electron chi connectivity index (χ0n) is 18.5. The maximum Gasteiger partial charge on any atom is 0.239 e. The number of amides is 2. The van der Waals surface area contributed by atoms with Gasteiger partial charge in [0.2, 0.25) is 11.8 Å². The standard InChI is InChI=1S/C24H36N4O2/c1-25-23(29)17-26(2)24(30)20-8-5-11-28(16-20)21-9-12-27(13-10-21)22-14-18-6-3-4-7-19(18)15-22/h3-4,6-7,20-22H,5,8-17H2,1-2H3,(H,25,29)/t20-/m0/s1. The van der Waals surface area contributed by atoms with Crippen LogP contribution in [0, 0.1) is 5.92 Å². The number of hydrogen-bond donors (Lipinski definition) is 1. The summed E-state index contributed by atoms with van der Waals surface area (Å²) in [6.07, 6.45) is 6.79. The minimum Gasteiger partial charge on any atom is -0.358 e. The van der Waals surface area contributed by atoms with Gasteiger partial charge in [-0.05, 0) is 69.3 Å². The van der Waals surface area contributed by atoms with E-state index in [4.69, 9.17) is 0 Å². The average Bonchev–Trinajstić information content (AvgIpc) is 3.23. The molecule has 2 saturated heterocycles. The van der Waals surface area contributed by atoms with E-state index in [2.05, 4.69) is 39.4 Å². The van der Waals surface area contributed by atoms with Crippen LogP contribution in [0.25, 0.3) is 0 Å². The minimum absolute atomic E-state index is 0.0239. The van der Waals surface area contributed by atoms with Crippen LogP contribution in [0.3, 0.4) is 0 Å². The van der Waals surface area contributed by atoms with Crippen molar-refractivity contribution in [3.63, 3.8) is 0 Å². The number of nitrogens with one attached hydrogen (secondary N) is 1. The molecule has 4 rings (SSSR count). The van der Waals surface area contributed by atoms with Gasteiger partial charge in [0.15, 0.2) is 0 Å². The van der Waals surface area contributed by atoms with E-state index in [0.717, 1.165) is 39.0 Å². The minimum atomic E-state index is -0.111. The number of rotatable bonds is 5. The van der Waals surface area contributed by atoms with Gasteiger partial charge < -0.3 is 10.2 Å². The smallest absolute Gasteiger partial charge is 0.239 e. The number of carbonyl (C=O) groups is 2. The summed E-state index contributed by atoms with van der Waals surface area (Å²) in [5, 5.41) is 2.60. The number of likely N-dealkylation sites (tertiary alicyclic amines) is 2. The lowest BCUT2D eigenvalue weighted by Gasteiger charge is -2.43. The van der Waals surface area contributed by atoms with Crippen molar-refractivity contribution in [2.45, 2.75) is 50.6 Å². The molecule has 1 aliphatic carbocycles. The Kier molecular flexibility index (Phi) is 6.74. The summed E-state index contributed by atoms with van der Waals surface area (Å²) in [4.78, 5) is 31.3.